The molecule has 0 unspecified atom stereocenters. The number of nitro benzene ring substituents is 1. The van der Waals surface area contributed by atoms with Crippen LogP contribution in [0.2, 0.25) is 0 Å². The predicted octanol–water partition coefficient (Wildman–Crippen LogP) is 3.36. The van der Waals surface area contributed by atoms with Crippen LogP contribution in [0.1, 0.15) is 25.6 Å². The number of hydrogen-bond acceptors (Lipinski definition) is 3. The Morgan fingerprint density at radius 1 is 1.50 bits per heavy atom. The highest BCUT2D eigenvalue weighted by Crippen LogP contribution is 2.29. The van der Waals surface area contributed by atoms with E-state index < -0.39 is 4.92 Å². The maximum absolute atomic E-state index is 10.9. The number of imidazole rings is 1. The van der Waals surface area contributed by atoms with Crippen LogP contribution in [0.5, 0.6) is 0 Å². The Morgan fingerprint density at radius 2 is 2.19 bits per heavy atom. The molecule has 0 spiro atoms. The maximum atomic E-state index is 10.9. The Bertz CT molecular complexity index is 562. The molecule has 0 aliphatic heterocycles. The lowest BCUT2D eigenvalue weighted by atomic mass is 10.2. The number of fused-ring (bicyclic) bond motifs is 1. The number of nitro groups is 1. The topological polar surface area (TPSA) is 71.8 Å². The zero-order chi connectivity index (χ0) is 11.9. The van der Waals surface area contributed by atoms with Crippen LogP contribution in [-0.4, -0.2) is 14.9 Å². The predicted molar refractivity (Wildman–Crippen MR) is 64.5 cm³/mol. The molecule has 0 aliphatic rings. The molecule has 84 valence electrons. The second kappa shape index (κ2) is 3.86. The van der Waals surface area contributed by atoms with Crippen LogP contribution >= 0.6 is 15.9 Å². The zero-order valence-corrected chi connectivity index (χ0v) is 10.4. The van der Waals surface area contributed by atoms with Crippen molar-refractivity contribution in [2.45, 2.75) is 19.8 Å². The first-order valence-corrected chi connectivity index (χ1v) is 5.62. The Kier molecular flexibility index (Phi) is 2.67. The van der Waals surface area contributed by atoms with Gasteiger partial charge in [0.1, 0.15) is 5.82 Å². The molecule has 6 heteroatoms. The van der Waals surface area contributed by atoms with Crippen molar-refractivity contribution in [3.8, 4) is 0 Å². The van der Waals surface area contributed by atoms with Gasteiger partial charge in [0.05, 0.1) is 10.4 Å². The lowest BCUT2D eigenvalue weighted by molar-refractivity contribution is -0.383. The van der Waals surface area contributed by atoms with Crippen molar-refractivity contribution < 1.29 is 4.92 Å². The van der Waals surface area contributed by atoms with Crippen LogP contribution in [-0.2, 0) is 0 Å². The second-order valence-electron chi connectivity index (χ2n) is 3.85. The van der Waals surface area contributed by atoms with Gasteiger partial charge >= 0.3 is 0 Å². The molecule has 1 heterocycles. The van der Waals surface area contributed by atoms with Gasteiger partial charge in [-0.15, -0.1) is 0 Å². The first kappa shape index (κ1) is 11.1. The molecule has 0 saturated carbocycles. The monoisotopic (exact) mass is 283 g/mol. The summed E-state index contributed by atoms with van der Waals surface area (Å²) in [5.74, 6) is 0.974. The van der Waals surface area contributed by atoms with Gasteiger partial charge in [0.25, 0.3) is 5.69 Å². The van der Waals surface area contributed by atoms with Gasteiger partial charge in [-0.3, -0.25) is 10.1 Å². The van der Waals surface area contributed by atoms with Crippen LogP contribution < -0.4 is 0 Å². The van der Waals surface area contributed by atoms with Gasteiger partial charge in [-0.25, -0.2) is 4.98 Å². The third-order valence-corrected chi connectivity index (χ3v) is 2.75. The summed E-state index contributed by atoms with van der Waals surface area (Å²) in [5.41, 5.74) is 1.12. The number of aromatic nitrogens is 2. The van der Waals surface area contributed by atoms with E-state index in [0.717, 1.165) is 5.82 Å². The van der Waals surface area contributed by atoms with Crippen LogP contribution in [0.25, 0.3) is 11.0 Å². The lowest BCUT2D eigenvalue weighted by Crippen LogP contribution is -1.90. The van der Waals surface area contributed by atoms with Crippen molar-refractivity contribution in [2.75, 3.05) is 0 Å². The van der Waals surface area contributed by atoms with E-state index in [4.69, 9.17) is 0 Å². The third-order valence-electron chi connectivity index (χ3n) is 2.29. The van der Waals surface area contributed by atoms with Crippen LogP contribution in [0.3, 0.4) is 0 Å². The van der Waals surface area contributed by atoms with Gasteiger partial charge in [0.15, 0.2) is 5.52 Å². The molecule has 1 aromatic carbocycles. The summed E-state index contributed by atoms with van der Waals surface area (Å²) in [6, 6.07) is 3.26. The van der Waals surface area contributed by atoms with Gasteiger partial charge in [-0.05, 0) is 6.07 Å². The summed E-state index contributed by atoms with van der Waals surface area (Å²) in [6.07, 6.45) is 0. The molecule has 1 N–H and O–H groups in total. The van der Waals surface area contributed by atoms with E-state index in [1.165, 1.54) is 6.07 Å². The van der Waals surface area contributed by atoms with Crippen molar-refractivity contribution in [3.63, 3.8) is 0 Å². The summed E-state index contributed by atoms with van der Waals surface area (Å²) < 4.78 is 0.672. The second-order valence-corrected chi connectivity index (χ2v) is 4.77. The number of non-ortho nitro benzene ring substituents is 1. The van der Waals surface area contributed by atoms with E-state index in [1.54, 1.807) is 6.07 Å². The number of aromatic amines is 1. The molecule has 2 rings (SSSR count). The number of nitrogens with one attached hydrogen (secondary N) is 1. The van der Waals surface area contributed by atoms with Crippen LogP contribution in [0.4, 0.5) is 5.69 Å². The van der Waals surface area contributed by atoms with Crippen molar-refractivity contribution in [2.24, 2.45) is 0 Å². The minimum Gasteiger partial charge on any atom is -0.342 e. The number of nitrogens with zero attached hydrogens (tertiary/aromatic N) is 2. The van der Waals surface area contributed by atoms with Crippen molar-refractivity contribution >= 4 is 32.7 Å². The zero-order valence-electron chi connectivity index (χ0n) is 8.82. The van der Waals surface area contributed by atoms with Crippen molar-refractivity contribution in [1.82, 2.24) is 9.97 Å². The fraction of sp³-hybridized carbons (Fsp3) is 0.300. The quantitative estimate of drug-likeness (QED) is 0.679. The van der Waals surface area contributed by atoms with E-state index in [2.05, 4.69) is 25.9 Å². The van der Waals surface area contributed by atoms with Crippen LogP contribution in [0.15, 0.2) is 16.6 Å². The third kappa shape index (κ3) is 1.80. The normalized spacial score (nSPS) is 11.2. The highest BCUT2D eigenvalue weighted by molar-refractivity contribution is 9.10. The first-order valence-electron chi connectivity index (χ1n) is 4.82. The van der Waals surface area contributed by atoms with Gasteiger partial charge in [-0.1, -0.05) is 29.8 Å². The molecule has 0 atom stereocenters. The van der Waals surface area contributed by atoms with Gasteiger partial charge < -0.3 is 4.98 Å². The highest BCUT2D eigenvalue weighted by atomic mass is 79.9. The molecule has 0 amide bonds. The van der Waals surface area contributed by atoms with E-state index in [9.17, 15) is 10.1 Å². The molecule has 0 aliphatic carbocycles. The van der Waals surface area contributed by atoms with E-state index in [-0.39, 0.29) is 11.6 Å². The minimum atomic E-state index is -0.419. The summed E-state index contributed by atoms with van der Waals surface area (Å²) in [6.45, 7) is 3.97. The Hall–Kier alpha value is -1.43. The molecular weight excluding hydrogens is 274 g/mol. The molecule has 16 heavy (non-hydrogen) atoms. The first-order chi connectivity index (χ1) is 7.49. The van der Waals surface area contributed by atoms with E-state index >= 15 is 0 Å². The average Bonchev–Trinajstić information content (AvgIpc) is 2.59. The number of rotatable bonds is 2. The fourth-order valence-corrected chi connectivity index (χ4v) is 1.94. The SMILES string of the molecule is CC(C)c1nc2c([N+](=O)[O-])cc(Br)cc2[nH]1. The molecule has 1 aromatic heterocycles. The number of halogens is 1. The number of hydrogen-bond donors (Lipinski definition) is 1. The summed E-state index contributed by atoms with van der Waals surface area (Å²) in [4.78, 5) is 17.8. The number of H-pyrrole nitrogens is 1. The Balaban J connectivity index is 2.75. The molecule has 0 fully saturated rings. The number of benzene rings is 1. The van der Waals surface area contributed by atoms with Gasteiger partial charge in [0, 0.05) is 16.5 Å². The summed E-state index contributed by atoms with van der Waals surface area (Å²) in [5, 5.41) is 10.9. The Morgan fingerprint density at radius 3 is 2.75 bits per heavy atom. The molecule has 2 aromatic rings. The smallest absolute Gasteiger partial charge is 0.298 e. The molecule has 0 radical (unpaired) electrons. The minimum absolute atomic E-state index is 0.0209. The largest absolute Gasteiger partial charge is 0.342 e. The summed E-state index contributed by atoms with van der Waals surface area (Å²) in [7, 11) is 0. The summed E-state index contributed by atoms with van der Waals surface area (Å²) >= 11 is 3.25. The average molecular weight is 284 g/mol. The maximum Gasteiger partial charge on any atom is 0.298 e. The molecule has 5 nitrogen and oxygen atoms in total. The standard InChI is InChI=1S/C10H10BrN3O2/c1-5(2)10-12-7-3-6(11)4-8(14(15)16)9(7)13-10/h3-5H,1-2H3,(H,12,13). The van der Waals surface area contributed by atoms with E-state index in [1.807, 2.05) is 13.8 Å². The molecule has 0 saturated heterocycles. The highest BCUT2D eigenvalue weighted by Gasteiger charge is 2.18. The fourth-order valence-electron chi connectivity index (χ4n) is 1.50. The molecular formula is C10H10BrN3O2. The lowest BCUT2D eigenvalue weighted by Gasteiger charge is -1.95. The van der Waals surface area contributed by atoms with Crippen LogP contribution in [0, 0.1) is 10.1 Å². The van der Waals surface area contributed by atoms with Crippen molar-refractivity contribution in [3.05, 3.63) is 32.5 Å². The van der Waals surface area contributed by atoms with Gasteiger partial charge in [0.2, 0.25) is 0 Å². The van der Waals surface area contributed by atoms with Gasteiger partial charge in [-0.2, -0.15) is 0 Å². The molecule has 0 bridgehead atoms. The van der Waals surface area contributed by atoms with E-state index in [0.29, 0.717) is 15.5 Å². The van der Waals surface area contributed by atoms with Crippen molar-refractivity contribution in [1.29, 1.82) is 0 Å². The Labute approximate surface area is 100 Å².